The van der Waals surface area contributed by atoms with Crippen LogP contribution in [0.25, 0.3) is 0 Å². The monoisotopic (exact) mass is 202 g/mol. The molecule has 0 aliphatic carbocycles. The molecule has 0 aromatic carbocycles. The van der Waals surface area contributed by atoms with Crippen molar-refractivity contribution in [2.75, 3.05) is 12.3 Å². The minimum Gasteiger partial charge on any atom is -0.408 e. The Hall–Kier alpha value is -0.560. The average Bonchev–Trinajstić information content (AvgIpc) is 2.27. The van der Waals surface area contributed by atoms with Crippen molar-refractivity contribution in [2.24, 2.45) is 0 Å². The lowest BCUT2D eigenvalue weighted by Crippen LogP contribution is -1.93. The predicted octanol–water partition coefficient (Wildman–Crippen LogP) is 2.57. The molecule has 13 heavy (non-hydrogen) atoms. The third-order valence-corrected chi connectivity index (χ3v) is 4.43. The Labute approximate surface area is 78.6 Å². The summed E-state index contributed by atoms with van der Waals surface area (Å²) in [4.78, 5) is 10.9. The zero-order valence-electron chi connectivity index (χ0n) is 7.91. The third kappa shape index (κ3) is 2.70. The normalized spacial score (nSPS) is 27.8. The summed E-state index contributed by atoms with van der Waals surface area (Å²) < 4.78 is 16.6. The summed E-state index contributed by atoms with van der Waals surface area (Å²) in [6.07, 6.45) is 3.76. The number of hydrogen-bond donors (Lipinski definition) is 0. The zero-order chi connectivity index (χ0) is 9.90. The van der Waals surface area contributed by atoms with Crippen LogP contribution >= 0.6 is 7.37 Å². The van der Waals surface area contributed by atoms with E-state index in [0.717, 1.165) is 19.3 Å². The Morgan fingerprint density at radius 1 is 1.54 bits per heavy atom. The molecule has 0 amide bonds. The second-order valence-electron chi connectivity index (χ2n) is 3.39. The fraction of sp³-hybridized carbons (Fsp3) is 0.667. The van der Waals surface area contributed by atoms with Gasteiger partial charge in [-0.15, -0.1) is 0 Å². The number of carbonyl (C=O) groups is 1. The molecule has 74 valence electrons. The van der Waals surface area contributed by atoms with Gasteiger partial charge in [0.2, 0.25) is 0 Å². The van der Waals surface area contributed by atoms with E-state index < -0.39 is 13.3 Å². The molecule has 1 aliphatic heterocycles. The van der Waals surface area contributed by atoms with E-state index in [1.54, 1.807) is 0 Å². The van der Waals surface area contributed by atoms with E-state index in [4.69, 9.17) is 4.52 Å². The SMILES string of the molecule is C=C1CP(=O)(CCCCC)OC1=O. The minimum absolute atomic E-state index is 0.259. The molecule has 0 N–H and O–H groups in total. The highest BCUT2D eigenvalue weighted by molar-refractivity contribution is 7.60. The van der Waals surface area contributed by atoms with E-state index in [2.05, 4.69) is 13.5 Å². The highest BCUT2D eigenvalue weighted by Gasteiger charge is 2.36. The summed E-state index contributed by atoms with van der Waals surface area (Å²) in [5, 5.41) is 0. The molecule has 3 nitrogen and oxygen atoms in total. The Balaban J connectivity index is 2.45. The maximum atomic E-state index is 11.8. The quantitative estimate of drug-likeness (QED) is 0.399. The summed E-state index contributed by atoms with van der Waals surface area (Å²) in [6.45, 7) is 5.59. The van der Waals surface area contributed by atoms with E-state index in [9.17, 15) is 9.36 Å². The number of rotatable bonds is 4. The molecule has 4 heteroatoms. The molecule has 0 saturated carbocycles. The van der Waals surface area contributed by atoms with E-state index >= 15 is 0 Å². The first-order valence-electron chi connectivity index (χ1n) is 4.57. The van der Waals surface area contributed by atoms with E-state index in [1.807, 2.05) is 0 Å². The van der Waals surface area contributed by atoms with Crippen molar-refractivity contribution in [2.45, 2.75) is 26.2 Å². The summed E-state index contributed by atoms with van der Waals surface area (Å²) in [5.74, 6) is -0.472. The second kappa shape index (κ2) is 4.10. The Morgan fingerprint density at radius 3 is 2.69 bits per heavy atom. The molecule has 1 atom stereocenters. The Morgan fingerprint density at radius 2 is 2.23 bits per heavy atom. The van der Waals surface area contributed by atoms with Crippen LogP contribution in [0.15, 0.2) is 12.2 Å². The minimum atomic E-state index is -2.66. The van der Waals surface area contributed by atoms with Gasteiger partial charge in [0.25, 0.3) is 7.37 Å². The van der Waals surface area contributed by atoms with Gasteiger partial charge in [-0.1, -0.05) is 26.3 Å². The molecule has 0 aromatic heterocycles. The third-order valence-electron chi connectivity index (χ3n) is 2.07. The summed E-state index contributed by atoms with van der Waals surface area (Å²) in [5.41, 5.74) is 0.361. The molecule has 1 saturated heterocycles. The molecule has 1 rings (SSSR count). The molecule has 0 spiro atoms. The Bertz CT molecular complexity index is 250. The predicted molar refractivity (Wildman–Crippen MR) is 52.1 cm³/mol. The molecule has 1 aliphatic rings. The van der Waals surface area contributed by atoms with Crippen molar-refractivity contribution in [3.8, 4) is 0 Å². The first-order chi connectivity index (χ1) is 6.07. The van der Waals surface area contributed by atoms with Crippen LogP contribution in [0.3, 0.4) is 0 Å². The van der Waals surface area contributed by atoms with Crippen molar-refractivity contribution < 1.29 is 13.9 Å². The van der Waals surface area contributed by atoms with Crippen LogP contribution in [0.4, 0.5) is 0 Å². The standard InChI is InChI=1S/C9H15O3P/c1-3-4-5-6-13(11)7-8(2)9(10)12-13/h2-7H2,1H3. The first-order valence-corrected chi connectivity index (χ1v) is 6.57. The van der Waals surface area contributed by atoms with Crippen molar-refractivity contribution in [1.82, 2.24) is 0 Å². The largest absolute Gasteiger partial charge is 0.408 e. The molecule has 0 aromatic rings. The molecule has 1 heterocycles. The van der Waals surface area contributed by atoms with Crippen LogP contribution in [0.5, 0.6) is 0 Å². The van der Waals surface area contributed by atoms with Gasteiger partial charge >= 0.3 is 5.97 Å². The van der Waals surface area contributed by atoms with Gasteiger partial charge in [0.1, 0.15) is 0 Å². The molecular weight excluding hydrogens is 187 g/mol. The summed E-state index contributed by atoms with van der Waals surface area (Å²) in [6, 6.07) is 0. The van der Waals surface area contributed by atoms with Gasteiger partial charge in [-0.2, -0.15) is 0 Å². The fourth-order valence-corrected chi connectivity index (χ4v) is 3.49. The van der Waals surface area contributed by atoms with Crippen molar-refractivity contribution in [3.63, 3.8) is 0 Å². The summed E-state index contributed by atoms with van der Waals surface area (Å²) in [7, 11) is -2.66. The highest BCUT2D eigenvalue weighted by Crippen LogP contribution is 2.54. The van der Waals surface area contributed by atoms with Crippen molar-refractivity contribution in [1.29, 1.82) is 0 Å². The van der Waals surface area contributed by atoms with Crippen molar-refractivity contribution >= 4 is 13.3 Å². The molecule has 0 radical (unpaired) electrons. The van der Waals surface area contributed by atoms with Gasteiger partial charge in [-0.25, -0.2) is 4.79 Å². The highest BCUT2D eigenvalue weighted by atomic mass is 31.2. The smallest absolute Gasteiger partial charge is 0.339 e. The fourth-order valence-electron chi connectivity index (χ4n) is 1.33. The van der Waals surface area contributed by atoms with Gasteiger partial charge in [0.15, 0.2) is 0 Å². The number of unbranched alkanes of at least 4 members (excludes halogenated alkanes) is 2. The zero-order valence-corrected chi connectivity index (χ0v) is 8.81. The van der Waals surface area contributed by atoms with Crippen LogP contribution in [-0.2, 0) is 13.9 Å². The van der Waals surface area contributed by atoms with Gasteiger partial charge in [0, 0.05) is 11.7 Å². The first kappa shape index (κ1) is 10.5. The van der Waals surface area contributed by atoms with E-state index in [-0.39, 0.29) is 6.16 Å². The lowest BCUT2D eigenvalue weighted by molar-refractivity contribution is -0.128. The molecular formula is C9H15O3P. The van der Waals surface area contributed by atoms with Gasteiger partial charge in [0.05, 0.1) is 6.16 Å². The van der Waals surface area contributed by atoms with E-state index in [1.165, 1.54) is 0 Å². The van der Waals surface area contributed by atoms with Gasteiger partial charge in [-0.3, -0.25) is 4.57 Å². The molecule has 1 fully saturated rings. The number of carbonyl (C=O) groups excluding carboxylic acids is 1. The maximum absolute atomic E-state index is 11.8. The number of hydrogen-bond acceptors (Lipinski definition) is 3. The van der Waals surface area contributed by atoms with Crippen LogP contribution < -0.4 is 0 Å². The van der Waals surface area contributed by atoms with Crippen LogP contribution in [0, 0.1) is 0 Å². The Kier molecular flexibility index (Phi) is 3.32. The topological polar surface area (TPSA) is 43.4 Å². The van der Waals surface area contributed by atoms with E-state index in [0.29, 0.717) is 11.7 Å². The average molecular weight is 202 g/mol. The maximum Gasteiger partial charge on any atom is 0.339 e. The van der Waals surface area contributed by atoms with Crippen LogP contribution in [0.2, 0.25) is 0 Å². The van der Waals surface area contributed by atoms with Crippen molar-refractivity contribution in [3.05, 3.63) is 12.2 Å². The van der Waals surface area contributed by atoms with Crippen LogP contribution in [0.1, 0.15) is 26.2 Å². The van der Waals surface area contributed by atoms with Crippen LogP contribution in [-0.4, -0.2) is 18.3 Å². The summed E-state index contributed by atoms with van der Waals surface area (Å²) >= 11 is 0. The van der Waals surface area contributed by atoms with Gasteiger partial charge < -0.3 is 4.52 Å². The lowest BCUT2D eigenvalue weighted by Gasteiger charge is -2.07. The lowest BCUT2D eigenvalue weighted by atomic mass is 10.3. The molecule has 1 unspecified atom stereocenters. The second-order valence-corrected chi connectivity index (χ2v) is 5.96. The molecule has 0 bridgehead atoms. The van der Waals surface area contributed by atoms with Gasteiger partial charge in [-0.05, 0) is 6.42 Å².